The van der Waals surface area contributed by atoms with Gasteiger partial charge in [-0.25, -0.2) is 9.69 Å². The standard InChI is InChI=1S/C22H21ClN4O4/c1-31-16-5-3-15(4-6-16)27-21(29)19(26-22(27)30)11-20(28)24-9-8-13-12-25-18-7-2-14(23)10-17(13)18/h2-7,10,12,19,25H,8-9,11H2,1H3,(H,24,28)(H,26,30)/t19-/m0/s1. The highest BCUT2D eigenvalue weighted by Gasteiger charge is 2.40. The number of methoxy groups -OCH3 is 1. The minimum absolute atomic E-state index is 0.128. The fraction of sp³-hybridized carbons (Fsp3) is 0.227. The van der Waals surface area contributed by atoms with E-state index in [-0.39, 0.29) is 12.3 Å². The van der Waals surface area contributed by atoms with Crippen LogP contribution in [-0.4, -0.2) is 42.5 Å². The number of aromatic nitrogens is 1. The number of urea groups is 1. The first kappa shape index (κ1) is 20.7. The van der Waals surface area contributed by atoms with Crippen molar-refractivity contribution >= 4 is 46.0 Å². The number of ether oxygens (including phenoxy) is 1. The number of hydrogen-bond donors (Lipinski definition) is 3. The molecule has 0 bridgehead atoms. The SMILES string of the molecule is COc1ccc(N2C(=O)N[C@@H](CC(=O)NCCc3c[nH]c4ccc(Cl)cc34)C2=O)cc1. The molecule has 0 radical (unpaired) electrons. The van der Waals surface area contributed by atoms with E-state index in [4.69, 9.17) is 16.3 Å². The summed E-state index contributed by atoms with van der Waals surface area (Å²) in [6.45, 7) is 0.398. The summed E-state index contributed by atoms with van der Waals surface area (Å²) in [5.41, 5.74) is 2.43. The van der Waals surface area contributed by atoms with E-state index in [1.54, 1.807) is 24.3 Å². The van der Waals surface area contributed by atoms with Crippen molar-refractivity contribution in [3.8, 4) is 5.75 Å². The van der Waals surface area contributed by atoms with Crippen molar-refractivity contribution < 1.29 is 19.1 Å². The second-order valence-electron chi connectivity index (χ2n) is 7.18. The number of carbonyl (C=O) groups excluding carboxylic acids is 3. The fourth-order valence-corrected chi connectivity index (χ4v) is 3.77. The summed E-state index contributed by atoms with van der Waals surface area (Å²) >= 11 is 6.06. The molecule has 0 unspecified atom stereocenters. The average molecular weight is 441 g/mol. The minimum Gasteiger partial charge on any atom is -0.497 e. The quantitative estimate of drug-likeness (QED) is 0.491. The van der Waals surface area contributed by atoms with Crippen molar-refractivity contribution in [3.63, 3.8) is 0 Å². The molecular weight excluding hydrogens is 420 g/mol. The number of carbonyl (C=O) groups is 3. The Hall–Kier alpha value is -3.52. The molecule has 1 fully saturated rings. The molecule has 2 heterocycles. The molecule has 160 valence electrons. The van der Waals surface area contributed by atoms with Crippen LogP contribution in [0.1, 0.15) is 12.0 Å². The lowest BCUT2D eigenvalue weighted by atomic mass is 10.1. The van der Waals surface area contributed by atoms with E-state index in [0.717, 1.165) is 21.4 Å². The van der Waals surface area contributed by atoms with Crippen LogP contribution in [-0.2, 0) is 16.0 Å². The zero-order chi connectivity index (χ0) is 22.0. The van der Waals surface area contributed by atoms with Crippen molar-refractivity contribution in [2.45, 2.75) is 18.9 Å². The molecule has 1 saturated heterocycles. The van der Waals surface area contributed by atoms with Gasteiger partial charge in [0.15, 0.2) is 0 Å². The van der Waals surface area contributed by atoms with E-state index < -0.39 is 18.0 Å². The van der Waals surface area contributed by atoms with Gasteiger partial charge in [-0.15, -0.1) is 0 Å². The first-order valence-electron chi connectivity index (χ1n) is 9.77. The first-order valence-corrected chi connectivity index (χ1v) is 10.1. The van der Waals surface area contributed by atoms with Gasteiger partial charge in [0.25, 0.3) is 5.91 Å². The lowest BCUT2D eigenvalue weighted by Gasteiger charge is -2.13. The summed E-state index contributed by atoms with van der Waals surface area (Å²) in [5, 5.41) is 7.04. The van der Waals surface area contributed by atoms with Gasteiger partial charge in [0.05, 0.1) is 19.2 Å². The summed E-state index contributed by atoms with van der Waals surface area (Å²) in [7, 11) is 1.53. The first-order chi connectivity index (χ1) is 15.0. The summed E-state index contributed by atoms with van der Waals surface area (Å²) in [5.74, 6) is -0.158. The number of nitrogens with zero attached hydrogens (tertiary/aromatic N) is 1. The minimum atomic E-state index is -0.901. The second kappa shape index (κ2) is 8.69. The lowest BCUT2D eigenvalue weighted by molar-refractivity contribution is -0.125. The number of anilines is 1. The third kappa shape index (κ3) is 4.34. The van der Waals surface area contributed by atoms with Crippen LogP contribution in [0.4, 0.5) is 10.5 Å². The predicted octanol–water partition coefficient (Wildman–Crippen LogP) is 3.00. The topological polar surface area (TPSA) is 104 Å². The van der Waals surface area contributed by atoms with Crippen LogP contribution in [0.15, 0.2) is 48.7 Å². The summed E-state index contributed by atoms with van der Waals surface area (Å²) < 4.78 is 5.09. The molecule has 0 saturated carbocycles. The van der Waals surface area contributed by atoms with E-state index in [2.05, 4.69) is 15.6 Å². The molecule has 1 aliphatic rings. The highest BCUT2D eigenvalue weighted by atomic mass is 35.5. The number of amides is 4. The Kier molecular flexibility index (Phi) is 5.81. The van der Waals surface area contributed by atoms with Crippen LogP contribution in [0.25, 0.3) is 10.9 Å². The number of H-pyrrole nitrogens is 1. The smallest absolute Gasteiger partial charge is 0.329 e. The molecule has 4 rings (SSSR count). The zero-order valence-corrected chi connectivity index (χ0v) is 17.5. The van der Waals surface area contributed by atoms with Gasteiger partial charge in [0.2, 0.25) is 5.91 Å². The molecule has 1 aliphatic heterocycles. The Morgan fingerprint density at radius 3 is 2.71 bits per heavy atom. The van der Waals surface area contributed by atoms with Crippen LogP contribution in [0.3, 0.4) is 0 Å². The van der Waals surface area contributed by atoms with Gasteiger partial charge in [0.1, 0.15) is 11.8 Å². The second-order valence-corrected chi connectivity index (χ2v) is 7.62. The zero-order valence-electron chi connectivity index (χ0n) is 16.8. The predicted molar refractivity (Wildman–Crippen MR) is 117 cm³/mol. The third-order valence-corrected chi connectivity index (χ3v) is 5.42. The van der Waals surface area contributed by atoms with Crippen LogP contribution in [0.2, 0.25) is 5.02 Å². The Balaban J connectivity index is 1.32. The summed E-state index contributed by atoms with van der Waals surface area (Å²) in [4.78, 5) is 41.5. The number of halogens is 1. The molecule has 0 spiro atoms. The lowest BCUT2D eigenvalue weighted by Crippen LogP contribution is -2.37. The molecule has 8 nitrogen and oxygen atoms in total. The number of imide groups is 1. The van der Waals surface area contributed by atoms with Crippen LogP contribution >= 0.6 is 11.6 Å². The number of hydrogen-bond acceptors (Lipinski definition) is 4. The molecule has 3 N–H and O–H groups in total. The van der Waals surface area contributed by atoms with Crippen LogP contribution in [0, 0.1) is 0 Å². The van der Waals surface area contributed by atoms with Gasteiger partial charge < -0.3 is 20.4 Å². The van der Waals surface area contributed by atoms with E-state index >= 15 is 0 Å². The van der Waals surface area contributed by atoms with Gasteiger partial charge in [-0.05, 0) is 54.4 Å². The molecule has 2 aromatic carbocycles. The van der Waals surface area contributed by atoms with Crippen LogP contribution < -0.4 is 20.3 Å². The Bertz CT molecular complexity index is 1140. The third-order valence-electron chi connectivity index (χ3n) is 5.19. The van der Waals surface area contributed by atoms with Crippen molar-refractivity contribution in [1.29, 1.82) is 0 Å². The highest BCUT2D eigenvalue weighted by Crippen LogP contribution is 2.24. The van der Waals surface area contributed by atoms with Gasteiger partial charge in [0, 0.05) is 28.7 Å². The maximum Gasteiger partial charge on any atom is 0.329 e. The normalized spacial score (nSPS) is 15.9. The molecule has 4 amide bonds. The van der Waals surface area contributed by atoms with Gasteiger partial charge in [-0.2, -0.15) is 0 Å². The molecule has 31 heavy (non-hydrogen) atoms. The number of aromatic amines is 1. The maximum absolute atomic E-state index is 12.7. The summed E-state index contributed by atoms with van der Waals surface area (Å²) in [6.07, 6.45) is 2.37. The van der Waals surface area contributed by atoms with Gasteiger partial charge in [-0.1, -0.05) is 11.6 Å². The van der Waals surface area contributed by atoms with Gasteiger partial charge >= 0.3 is 6.03 Å². The number of rotatable bonds is 7. The molecular formula is C22H21ClN4O4. The Morgan fingerprint density at radius 2 is 1.97 bits per heavy atom. The van der Waals surface area contributed by atoms with E-state index in [1.165, 1.54) is 7.11 Å². The van der Waals surface area contributed by atoms with Crippen LogP contribution in [0.5, 0.6) is 5.75 Å². The largest absolute Gasteiger partial charge is 0.497 e. The highest BCUT2D eigenvalue weighted by molar-refractivity contribution is 6.31. The molecule has 0 aliphatic carbocycles. The van der Waals surface area contributed by atoms with E-state index in [1.807, 2.05) is 24.4 Å². The maximum atomic E-state index is 12.7. The van der Waals surface area contributed by atoms with Crippen molar-refractivity contribution in [2.24, 2.45) is 0 Å². The van der Waals surface area contributed by atoms with Crippen molar-refractivity contribution in [1.82, 2.24) is 15.6 Å². The van der Waals surface area contributed by atoms with E-state index in [9.17, 15) is 14.4 Å². The van der Waals surface area contributed by atoms with Gasteiger partial charge in [-0.3, -0.25) is 9.59 Å². The molecule has 3 aromatic rings. The summed E-state index contributed by atoms with van der Waals surface area (Å²) in [6, 6.07) is 10.7. The Morgan fingerprint density at radius 1 is 1.19 bits per heavy atom. The van der Waals surface area contributed by atoms with Crippen molar-refractivity contribution in [2.75, 3.05) is 18.6 Å². The number of nitrogens with one attached hydrogen (secondary N) is 3. The average Bonchev–Trinajstić information content (AvgIpc) is 3.28. The molecule has 1 atom stereocenters. The molecule has 9 heteroatoms. The fourth-order valence-electron chi connectivity index (χ4n) is 3.60. The van der Waals surface area contributed by atoms with E-state index in [0.29, 0.717) is 29.4 Å². The number of fused-ring (bicyclic) bond motifs is 1. The number of benzene rings is 2. The Labute approximate surface area is 183 Å². The molecule has 1 aromatic heterocycles. The monoisotopic (exact) mass is 440 g/mol. The van der Waals surface area contributed by atoms with Crippen molar-refractivity contribution in [3.05, 3.63) is 59.2 Å².